The highest BCUT2D eigenvalue weighted by atomic mass is 32.2. The number of hydrogen-bond acceptors (Lipinski definition) is 15. The van der Waals surface area contributed by atoms with Crippen molar-refractivity contribution in [2.24, 2.45) is 0 Å². The molecular formula is C37H58N2O13S. The number of nitrogens with one attached hydrogen (secondary N) is 1. The number of hydrogen-bond donors (Lipinski definition) is 6. The molecular weight excluding hydrogens is 712 g/mol. The summed E-state index contributed by atoms with van der Waals surface area (Å²) in [4.78, 5) is 0.149. The smallest absolute Gasteiger partial charge is 0.297 e. The van der Waals surface area contributed by atoms with Crippen molar-refractivity contribution in [3.63, 3.8) is 0 Å². The van der Waals surface area contributed by atoms with E-state index in [-0.39, 0.29) is 44.5 Å². The van der Waals surface area contributed by atoms with E-state index >= 15 is 0 Å². The molecule has 16 heteroatoms. The molecule has 0 spiro atoms. The van der Waals surface area contributed by atoms with Gasteiger partial charge in [0.15, 0.2) is 0 Å². The van der Waals surface area contributed by atoms with Crippen molar-refractivity contribution in [3.05, 3.63) is 88.5 Å². The number of methoxy groups -OCH3 is 2. The number of rotatable bonds is 25. The lowest BCUT2D eigenvalue weighted by Gasteiger charge is -2.10. The monoisotopic (exact) mass is 770 g/mol. The number of ether oxygens (including phenoxy) is 6. The SMILES string of the molecule is COCCOCCOCCNc1cc(CO)cc(CO)c1.COCCOCCOCCOS(=O)(=O)c1ccc(C)cc1.Nc1cc(CO)cc(CO)c1. The molecule has 0 aliphatic heterocycles. The maximum atomic E-state index is 11.8. The van der Waals surface area contributed by atoms with Crippen LogP contribution in [-0.4, -0.2) is 122 Å². The summed E-state index contributed by atoms with van der Waals surface area (Å²) in [6.45, 7) is 7.25. The van der Waals surface area contributed by atoms with Crippen molar-refractivity contribution in [3.8, 4) is 0 Å². The minimum Gasteiger partial charge on any atom is -0.399 e. The first kappa shape index (κ1) is 47.8. The Kier molecular flexibility index (Phi) is 27.2. The van der Waals surface area contributed by atoms with E-state index in [1.807, 2.05) is 19.1 Å². The Balaban J connectivity index is 0.000000417. The summed E-state index contributed by atoms with van der Waals surface area (Å²) in [5.74, 6) is 0. The Morgan fingerprint density at radius 2 is 0.962 bits per heavy atom. The number of aliphatic hydroxyl groups is 4. The Bertz CT molecular complexity index is 1420. The molecule has 0 saturated carbocycles. The lowest BCUT2D eigenvalue weighted by molar-refractivity contribution is 0.0184. The Morgan fingerprint density at radius 3 is 1.40 bits per heavy atom. The Hall–Kier alpha value is -3.23. The van der Waals surface area contributed by atoms with Gasteiger partial charge in [-0.1, -0.05) is 29.8 Å². The van der Waals surface area contributed by atoms with Crippen LogP contribution in [0.15, 0.2) is 65.6 Å². The van der Waals surface area contributed by atoms with Crippen molar-refractivity contribution >= 4 is 21.5 Å². The predicted octanol–water partition coefficient (Wildman–Crippen LogP) is 2.40. The molecule has 0 fully saturated rings. The molecule has 0 aliphatic carbocycles. The molecule has 0 unspecified atom stereocenters. The molecule has 0 radical (unpaired) electrons. The lowest BCUT2D eigenvalue weighted by Crippen LogP contribution is -2.14. The van der Waals surface area contributed by atoms with E-state index in [0.29, 0.717) is 71.7 Å². The molecule has 3 aromatic carbocycles. The molecule has 300 valence electrons. The van der Waals surface area contributed by atoms with Gasteiger partial charge in [0.25, 0.3) is 10.1 Å². The fraction of sp³-hybridized carbons (Fsp3) is 0.514. The molecule has 0 bridgehead atoms. The first-order valence-electron chi connectivity index (χ1n) is 17.1. The highest BCUT2D eigenvalue weighted by molar-refractivity contribution is 7.86. The number of nitrogens with two attached hydrogens (primary N) is 1. The molecule has 0 heterocycles. The zero-order valence-corrected chi connectivity index (χ0v) is 31.9. The fourth-order valence-corrected chi connectivity index (χ4v) is 5.09. The van der Waals surface area contributed by atoms with Gasteiger partial charge in [-0.25, -0.2) is 0 Å². The minimum atomic E-state index is -3.71. The van der Waals surface area contributed by atoms with Crippen LogP contribution in [-0.2, 0) is 69.1 Å². The number of aryl methyl sites for hydroxylation is 1. The quantitative estimate of drug-likeness (QED) is 0.0414. The van der Waals surface area contributed by atoms with E-state index in [2.05, 4.69) is 5.32 Å². The second-order valence-corrected chi connectivity index (χ2v) is 12.8. The summed E-state index contributed by atoms with van der Waals surface area (Å²) in [5, 5.41) is 39.0. The van der Waals surface area contributed by atoms with Gasteiger partial charge >= 0.3 is 0 Å². The van der Waals surface area contributed by atoms with E-state index < -0.39 is 10.1 Å². The van der Waals surface area contributed by atoms with Crippen LogP contribution < -0.4 is 11.1 Å². The average Bonchev–Trinajstić information content (AvgIpc) is 3.16. The van der Waals surface area contributed by atoms with Crippen LogP contribution in [0.2, 0.25) is 0 Å². The summed E-state index contributed by atoms with van der Waals surface area (Å²) >= 11 is 0. The van der Waals surface area contributed by atoms with Gasteiger partial charge in [0.1, 0.15) is 0 Å². The van der Waals surface area contributed by atoms with E-state index in [9.17, 15) is 8.42 Å². The number of anilines is 2. The molecule has 7 N–H and O–H groups in total. The second-order valence-electron chi connectivity index (χ2n) is 11.2. The standard InChI is InChI=1S/C15H25NO5.C14H22O6S.C8H11NO2/c1-19-4-5-21-7-6-20-3-2-16-15-9-13(11-17)8-14(10-15)12-18;1-13-3-5-14(6-4-13)21(15,16)20-12-11-19-10-9-18-8-7-17-2;9-8-2-6(4-10)1-7(3-8)5-11/h8-10,16-18H,2-7,11-12H2,1H3;3-6H,7-12H2,1-2H3;1-3,10-11H,4-5,9H2. The predicted molar refractivity (Wildman–Crippen MR) is 201 cm³/mol. The van der Waals surface area contributed by atoms with Gasteiger partial charge in [0.05, 0.1) is 104 Å². The minimum absolute atomic E-state index is 0.0196. The Morgan fingerprint density at radius 1 is 0.566 bits per heavy atom. The topological polar surface area (TPSA) is 218 Å². The van der Waals surface area contributed by atoms with E-state index in [4.69, 9.17) is 58.8 Å². The van der Waals surface area contributed by atoms with Gasteiger partial charge in [-0.2, -0.15) is 8.42 Å². The zero-order valence-electron chi connectivity index (χ0n) is 31.0. The maximum Gasteiger partial charge on any atom is 0.297 e. The van der Waals surface area contributed by atoms with Crippen molar-refractivity contribution < 1.29 is 61.4 Å². The third-order valence-corrected chi connectivity index (χ3v) is 8.14. The first-order valence-corrected chi connectivity index (χ1v) is 18.5. The van der Waals surface area contributed by atoms with Crippen LogP contribution in [0.3, 0.4) is 0 Å². The van der Waals surface area contributed by atoms with Crippen LogP contribution >= 0.6 is 0 Å². The van der Waals surface area contributed by atoms with Crippen LogP contribution in [0.5, 0.6) is 0 Å². The van der Waals surface area contributed by atoms with Gasteiger partial charge in [-0.15, -0.1) is 0 Å². The normalized spacial score (nSPS) is 11.0. The molecule has 0 atom stereocenters. The number of benzene rings is 3. The average molecular weight is 771 g/mol. The van der Waals surface area contributed by atoms with Crippen LogP contribution in [0, 0.1) is 6.92 Å². The molecule has 3 aromatic rings. The first-order chi connectivity index (χ1) is 25.6. The summed E-state index contributed by atoms with van der Waals surface area (Å²) in [7, 11) is -0.468. The zero-order chi connectivity index (χ0) is 39.2. The van der Waals surface area contributed by atoms with Crippen LogP contribution in [0.25, 0.3) is 0 Å². The third-order valence-electron chi connectivity index (χ3n) is 6.82. The van der Waals surface area contributed by atoms with Gasteiger partial charge in [-0.3, -0.25) is 4.18 Å². The van der Waals surface area contributed by atoms with E-state index in [1.54, 1.807) is 50.6 Å². The second kappa shape index (κ2) is 30.1. The molecule has 15 nitrogen and oxygen atoms in total. The largest absolute Gasteiger partial charge is 0.399 e. The van der Waals surface area contributed by atoms with Crippen LogP contribution in [0.4, 0.5) is 11.4 Å². The van der Waals surface area contributed by atoms with E-state index in [0.717, 1.165) is 33.5 Å². The van der Waals surface area contributed by atoms with Gasteiger partial charge in [-0.05, 0) is 65.6 Å². The van der Waals surface area contributed by atoms with Crippen LogP contribution in [0.1, 0.15) is 27.8 Å². The number of aliphatic hydroxyl groups excluding tert-OH is 4. The fourth-order valence-electron chi connectivity index (χ4n) is 4.19. The third kappa shape index (κ3) is 23.2. The molecule has 0 aliphatic rings. The van der Waals surface area contributed by atoms with Gasteiger partial charge in [0, 0.05) is 32.1 Å². The molecule has 0 amide bonds. The van der Waals surface area contributed by atoms with Crippen molar-refractivity contribution in [1.82, 2.24) is 0 Å². The highest BCUT2D eigenvalue weighted by Crippen LogP contribution is 2.16. The number of nitrogen functional groups attached to an aromatic ring is 1. The summed E-state index contributed by atoms with van der Waals surface area (Å²) in [6, 6.07) is 17.1. The highest BCUT2D eigenvalue weighted by Gasteiger charge is 2.14. The van der Waals surface area contributed by atoms with E-state index in [1.165, 1.54) is 12.1 Å². The molecule has 0 aromatic heterocycles. The molecule has 0 saturated heterocycles. The van der Waals surface area contributed by atoms with Gasteiger partial charge in [0.2, 0.25) is 0 Å². The van der Waals surface area contributed by atoms with Crippen molar-refractivity contribution in [1.29, 1.82) is 0 Å². The van der Waals surface area contributed by atoms with Crippen molar-refractivity contribution in [2.75, 3.05) is 104 Å². The van der Waals surface area contributed by atoms with Crippen molar-refractivity contribution in [2.45, 2.75) is 38.2 Å². The summed E-state index contributed by atoms with van der Waals surface area (Å²) < 4.78 is 59.3. The Labute approximate surface area is 313 Å². The summed E-state index contributed by atoms with van der Waals surface area (Å²) in [6.07, 6.45) is 0. The molecule has 3 rings (SSSR count). The summed E-state index contributed by atoms with van der Waals surface area (Å²) in [5.41, 5.74) is 10.9. The molecule has 53 heavy (non-hydrogen) atoms. The maximum absolute atomic E-state index is 11.8. The lowest BCUT2D eigenvalue weighted by atomic mass is 10.1. The van der Waals surface area contributed by atoms with Gasteiger partial charge < -0.3 is 59.9 Å².